The number of ether oxygens (including phenoxy) is 4. The van der Waals surface area contributed by atoms with Crippen LogP contribution in [0.4, 0.5) is 0 Å². The van der Waals surface area contributed by atoms with Gasteiger partial charge < -0.3 is 29.6 Å². The number of hydrogen-bond acceptors (Lipinski definition) is 6. The molecule has 0 aliphatic rings. The minimum atomic E-state index is 0.275. The molecule has 0 aliphatic heterocycles. The van der Waals surface area contributed by atoms with Crippen molar-refractivity contribution in [2.24, 2.45) is 0 Å². The third kappa shape index (κ3) is 24.7. The van der Waals surface area contributed by atoms with Gasteiger partial charge in [0, 0.05) is 37.3 Å². The summed E-state index contributed by atoms with van der Waals surface area (Å²) in [5.74, 6) is 8.37. The van der Waals surface area contributed by atoms with E-state index in [1.54, 1.807) is 0 Å². The van der Waals surface area contributed by atoms with E-state index < -0.39 is 0 Å². The molecule has 0 aromatic heterocycles. The molecule has 394 valence electrons. The summed E-state index contributed by atoms with van der Waals surface area (Å²) in [7, 11) is 0. The van der Waals surface area contributed by atoms with Crippen LogP contribution in [0.2, 0.25) is 0 Å². The van der Waals surface area contributed by atoms with Crippen LogP contribution >= 0.6 is 0 Å². The summed E-state index contributed by atoms with van der Waals surface area (Å²) in [4.78, 5) is 0. The first-order valence-electron chi connectivity index (χ1n) is 28.3. The second-order valence-corrected chi connectivity index (χ2v) is 19.6. The van der Waals surface area contributed by atoms with E-state index in [9.17, 15) is 0 Å². The van der Waals surface area contributed by atoms with Crippen LogP contribution in [0, 0.1) is 24.7 Å². The van der Waals surface area contributed by atoms with Crippen LogP contribution in [0.15, 0.2) is 109 Å². The lowest BCUT2D eigenvalue weighted by atomic mass is 10.0. The number of terminal acetylenes is 2. The minimum Gasteiger partial charge on any atom is -0.493 e. The molecule has 0 amide bonds. The van der Waals surface area contributed by atoms with Gasteiger partial charge >= 0.3 is 0 Å². The van der Waals surface area contributed by atoms with E-state index >= 15 is 0 Å². The fourth-order valence-electron chi connectivity index (χ4n) is 8.87. The largest absolute Gasteiger partial charge is 0.493 e. The first kappa shape index (κ1) is 58.7. The molecule has 0 spiro atoms. The molecule has 0 unspecified atom stereocenters. The molecule has 0 fully saturated rings. The summed E-state index contributed by atoms with van der Waals surface area (Å²) in [5.41, 5.74) is 9.16. The average molecular weight is 997 g/mol. The molecular weight excluding hydrogens is 909 g/mol. The molecule has 5 aromatic rings. The molecule has 0 saturated carbocycles. The zero-order valence-corrected chi connectivity index (χ0v) is 45.3. The van der Waals surface area contributed by atoms with Crippen LogP contribution < -0.4 is 29.6 Å². The van der Waals surface area contributed by atoms with Gasteiger partial charge in [-0.15, -0.1) is 12.8 Å². The van der Waals surface area contributed by atoms with Crippen molar-refractivity contribution >= 4 is 24.3 Å². The molecule has 0 bridgehead atoms. The molecular formula is C68H88N2O4. The highest BCUT2D eigenvalue weighted by Gasteiger charge is 2.11. The van der Waals surface area contributed by atoms with Gasteiger partial charge in [0.05, 0.1) is 13.2 Å². The predicted octanol–water partition coefficient (Wildman–Crippen LogP) is 17.2. The summed E-state index contributed by atoms with van der Waals surface area (Å²) in [5, 5.41) is 7.14. The third-order valence-corrected chi connectivity index (χ3v) is 13.3. The molecule has 6 heteroatoms. The maximum absolute atomic E-state index is 6.70. The van der Waals surface area contributed by atoms with E-state index in [0.29, 0.717) is 13.2 Å². The maximum Gasteiger partial charge on any atom is 0.148 e. The van der Waals surface area contributed by atoms with Crippen LogP contribution in [0.1, 0.15) is 187 Å². The van der Waals surface area contributed by atoms with E-state index in [1.807, 2.05) is 24.3 Å². The van der Waals surface area contributed by atoms with Crippen LogP contribution in [0.25, 0.3) is 24.3 Å². The SMILES string of the molecule is C#CCOc1ccc(CNCc2ccc(/C=C/c3cc(OCCCCCCCCCCCC)c(/C=C/c4ccc(CNCc5ccc(OCC#C)cc5)cc4)cc3OCCCCCCCCCCCC)cc2)cc1. The van der Waals surface area contributed by atoms with Crippen molar-refractivity contribution < 1.29 is 18.9 Å². The number of nitrogens with one attached hydrogen (secondary N) is 2. The smallest absolute Gasteiger partial charge is 0.148 e. The fourth-order valence-corrected chi connectivity index (χ4v) is 8.87. The maximum atomic E-state index is 6.70. The second kappa shape index (κ2) is 37.5. The van der Waals surface area contributed by atoms with Gasteiger partial charge in [0.15, 0.2) is 0 Å². The first-order chi connectivity index (χ1) is 36.6. The highest BCUT2D eigenvalue weighted by molar-refractivity contribution is 5.79. The van der Waals surface area contributed by atoms with E-state index in [0.717, 1.165) is 84.3 Å². The van der Waals surface area contributed by atoms with E-state index in [1.165, 1.54) is 138 Å². The van der Waals surface area contributed by atoms with Crippen molar-refractivity contribution in [2.45, 2.75) is 168 Å². The molecule has 5 aromatic carbocycles. The highest BCUT2D eigenvalue weighted by atomic mass is 16.5. The molecule has 6 nitrogen and oxygen atoms in total. The fraction of sp³-hybridized carbons (Fsp3) is 0.441. The predicted molar refractivity (Wildman–Crippen MR) is 314 cm³/mol. The van der Waals surface area contributed by atoms with Crippen LogP contribution in [-0.2, 0) is 26.2 Å². The van der Waals surface area contributed by atoms with Gasteiger partial charge in [-0.2, -0.15) is 0 Å². The molecule has 74 heavy (non-hydrogen) atoms. The van der Waals surface area contributed by atoms with Crippen LogP contribution in [-0.4, -0.2) is 26.4 Å². The van der Waals surface area contributed by atoms with E-state index in [2.05, 4.69) is 146 Å². The number of unbranched alkanes of at least 4 members (excludes halogenated alkanes) is 18. The van der Waals surface area contributed by atoms with Crippen molar-refractivity contribution in [3.63, 3.8) is 0 Å². The Labute approximate surface area is 448 Å². The Hall–Kier alpha value is -6.18. The minimum absolute atomic E-state index is 0.275. The molecule has 5 rings (SSSR count). The monoisotopic (exact) mass is 997 g/mol. The Morgan fingerprint density at radius 3 is 0.973 bits per heavy atom. The van der Waals surface area contributed by atoms with Crippen molar-refractivity contribution in [3.05, 3.63) is 154 Å². The number of benzene rings is 5. The zero-order chi connectivity index (χ0) is 51.9. The van der Waals surface area contributed by atoms with Gasteiger partial charge in [-0.05, 0) is 82.6 Å². The van der Waals surface area contributed by atoms with Gasteiger partial charge in [0.2, 0.25) is 0 Å². The van der Waals surface area contributed by atoms with Crippen LogP contribution in [0.3, 0.4) is 0 Å². The van der Waals surface area contributed by atoms with Crippen molar-refractivity contribution in [1.29, 1.82) is 0 Å². The van der Waals surface area contributed by atoms with Gasteiger partial charge in [-0.25, -0.2) is 0 Å². The molecule has 0 atom stereocenters. The average Bonchev–Trinajstić information content (AvgIpc) is 3.43. The molecule has 0 radical (unpaired) electrons. The molecule has 2 N–H and O–H groups in total. The number of hydrogen-bond donors (Lipinski definition) is 2. The second-order valence-electron chi connectivity index (χ2n) is 19.6. The van der Waals surface area contributed by atoms with Gasteiger partial charge in [0.25, 0.3) is 0 Å². The Bertz CT molecular complexity index is 2220. The van der Waals surface area contributed by atoms with Gasteiger partial charge in [-0.3, -0.25) is 0 Å². The quantitative estimate of drug-likeness (QED) is 0.0232. The summed E-state index contributed by atoms with van der Waals surface area (Å²) in [6.07, 6.45) is 45.2. The number of rotatable bonds is 40. The summed E-state index contributed by atoms with van der Waals surface area (Å²) in [6, 6.07) is 38.1. The Kier molecular flexibility index (Phi) is 29.8. The molecule has 0 aliphatic carbocycles. The Morgan fingerprint density at radius 1 is 0.365 bits per heavy atom. The van der Waals surface area contributed by atoms with Crippen LogP contribution in [0.5, 0.6) is 23.0 Å². The lowest BCUT2D eigenvalue weighted by Gasteiger charge is -2.16. The van der Waals surface area contributed by atoms with Crippen molar-refractivity contribution in [1.82, 2.24) is 10.6 Å². The van der Waals surface area contributed by atoms with E-state index in [4.69, 9.17) is 31.8 Å². The Balaban J connectivity index is 1.26. The first-order valence-corrected chi connectivity index (χ1v) is 28.3. The molecule has 0 saturated heterocycles. The van der Waals surface area contributed by atoms with Gasteiger partial charge in [0.1, 0.15) is 36.2 Å². The zero-order valence-electron chi connectivity index (χ0n) is 45.3. The topological polar surface area (TPSA) is 61.0 Å². The van der Waals surface area contributed by atoms with Gasteiger partial charge in [-0.1, -0.05) is 238 Å². The normalized spacial score (nSPS) is 11.2. The lowest BCUT2D eigenvalue weighted by Crippen LogP contribution is -2.12. The lowest BCUT2D eigenvalue weighted by molar-refractivity contribution is 0.295. The Morgan fingerprint density at radius 2 is 0.662 bits per heavy atom. The van der Waals surface area contributed by atoms with E-state index in [-0.39, 0.29) is 13.2 Å². The summed E-state index contributed by atoms with van der Waals surface area (Å²) < 4.78 is 24.4. The summed E-state index contributed by atoms with van der Waals surface area (Å²) in [6.45, 7) is 9.57. The highest BCUT2D eigenvalue weighted by Crippen LogP contribution is 2.33. The van der Waals surface area contributed by atoms with Crippen molar-refractivity contribution in [2.75, 3.05) is 26.4 Å². The summed E-state index contributed by atoms with van der Waals surface area (Å²) >= 11 is 0. The standard InChI is InChI=1S/C68H88N2O4/c1-5-9-11-13-15-17-19-21-23-25-49-73-67-51-64(42-36-58-29-33-60(34-30-58)54-70-56-62-39-45-66(46-40-62)72-48-8-4)68(74-50-26-24-22-20-18-16-14-12-10-6-2)52-63(67)41-35-57-27-31-59(32-28-57)53-69-55-61-37-43-65(44-38-61)71-47-7-3/h3-4,27-46,51-52,69-70H,5-6,9-26,47-50,53-56H2,1-2H3/b41-35+,42-36+. The molecule has 0 heterocycles. The van der Waals surface area contributed by atoms with Crippen molar-refractivity contribution in [3.8, 4) is 47.7 Å². The third-order valence-electron chi connectivity index (χ3n) is 13.3.